The minimum absolute atomic E-state index is 0.0536. The first-order valence-electron chi connectivity index (χ1n) is 6.78. The molecular formula is C16H18ClN3O. The number of nitrogens with one attached hydrogen (secondary N) is 2. The number of amides is 1. The van der Waals surface area contributed by atoms with E-state index in [9.17, 15) is 4.79 Å². The molecule has 0 fully saturated rings. The van der Waals surface area contributed by atoms with E-state index in [1.807, 2.05) is 42.5 Å². The number of hydrogen-bond acceptors (Lipinski definition) is 3. The highest BCUT2D eigenvalue weighted by Crippen LogP contribution is 2.18. The Morgan fingerprint density at radius 1 is 1.24 bits per heavy atom. The lowest BCUT2D eigenvalue weighted by atomic mass is 10.0. The van der Waals surface area contributed by atoms with Crippen LogP contribution in [0.4, 0.5) is 0 Å². The summed E-state index contributed by atoms with van der Waals surface area (Å²) in [6.07, 6.45) is 2.40. The molecule has 2 N–H and O–H groups in total. The van der Waals surface area contributed by atoms with Crippen LogP contribution in [0.3, 0.4) is 0 Å². The third-order valence-electron chi connectivity index (χ3n) is 3.07. The molecular weight excluding hydrogens is 286 g/mol. The molecule has 1 atom stereocenters. The highest BCUT2D eigenvalue weighted by molar-refractivity contribution is 6.30. The third kappa shape index (κ3) is 4.85. The van der Waals surface area contributed by atoms with E-state index in [-0.39, 0.29) is 18.5 Å². The zero-order valence-electron chi connectivity index (χ0n) is 11.8. The maximum atomic E-state index is 11.8. The first-order chi connectivity index (χ1) is 10.2. The molecule has 21 heavy (non-hydrogen) atoms. The Balaban J connectivity index is 2.15. The van der Waals surface area contributed by atoms with E-state index < -0.39 is 0 Å². The highest BCUT2D eigenvalue weighted by Gasteiger charge is 2.16. The number of carbonyl (C=O) groups excluding carboxylic acids is 1. The van der Waals surface area contributed by atoms with E-state index in [2.05, 4.69) is 15.6 Å². The van der Waals surface area contributed by atoms with Gasteiger partial charge < -0.3 is 10.6 Å². The van der Waals surface area contributed by atoms with Crippen molar-refractivity contribution in [3.05, 3.63) is 64.9 Å². The van der Waals surface area contributed by atoms with Gasteiger partial charge in [0, 0.05) is 11.2 Å². The molecule has 2 aromatic rings. The molecule has 0 saturated heterocycles. The zero-order valence-corrected chi connectivity index (χ0v) is 12.6. The van der Waals surface area contributed by atoms with E-state index in [0.29, 0.717) is 11.4 Å². The quantitative estimate of drug-likeness (QED) is 0.861. The number of benzene rings is 1. The predicted octanol–water partition coefficient (Wildman–Crippen LogP) is 2.35. The van der Waals surface area contributed by atoms with Gasteiger partial charge in [-0.15, -0.1) is 0 Å². The van der Waals surface area contributed by atoms with Gasteiger partial charge in [0.1, 0.15) is 0 Å². The van der Waals surface area contributed by atoms with Crippen LogP contribution in [0.15, 0.2) is 48.7 Å². The van der Waals surface area contributed by atoms with Gasteiger partial charge in [0.05, 0.1) is 18.3 Å². The fourth-order valence-electron chi connectivity index (χ4n) is 2.07. The van der Waals surface area contributed by atoms with Gasteiger partial charge in [0.25, 0.3) is 0 Å². The van der Waals surface area contributed by atoms with Crippen molar-refractivity contribution < 1.29 is 4.79 Å². The zero-order chi connectivity index (χ0) is 15.1. The minimum atomic E-state index is -0.159. The van der Waals surface area contributed by atoms with Gasteiger partial charge in [-0.25, -0.2) is 0 Å². The molecule has 1 unspecified atom stereocenters. The van der Waals surface area contributed by atoms with Crippen molar-refractivity contribution in [2.45, 2.75) is 12.5 Å². The molecule has 110 valence electrons. The number of hydrogen-bond donors (Lipinski definition) is 2. The number of aromatic nitrogens is 1. The SMILES string of the molecule is CNCC(=O)NC(Cc1ccc(Cl)cc1)c1ccccn1. The maximum Gasteiger partial charge on any atom is 0.234 e. The summed E-state index contributed by atoms with van der Waals surface area (Å²) in [5.41, 5.74) is 1.94. The van der Waals surface area contributed by atoms with Gasteiger partial charge in [-0.1, -0.05) is 29.8 Å². The van der Waals surface area contributed by atoms with Gasteiger partial charge in [-0.05, 0) is 43.3 Å². The lowest BCUT2D eigenvalue weighted by Crippen LogP contribution is -2.36. The lowest BCUT2D eigenvalue weighted by Gasteiger charge is -2.18. The summed E-state index contributed by atoms with van der Waals surface area (Å²) in [7, 11) is 1.74. The molecule has 0 bridgehead atoms. The number of carbonyl (C=O) groups is 1. The average Bonchev–Trinajstić information content (AvgIpc) is 2.50. The summed E-state index contributed by atoms with van der Waals surface area (Å²) >= 11 is 5.90. The molecule has 1 aromatic heterocycles. The number of likely N-dealkylation sites (N-methyl/N-ethyl adjacent to an activating group) is 1. The third-order valence-corrected chi connectivity index (χ3v) is 3.32. The Hall–Kier alpha value is -1.91. The molecule has 2 rings (SSSR count). The second-order valence-corrected chi connectivity index (χ2v) is 5.17. The monoisotopic (exact) mass is 303 g/mol. The van der Waals surface area contributed by atoms with E-state index in [4.69, 9.17) is 11.6 Å². The first-order valence-corrected chi connectivity index (χ1v) is 7.16. The number of halogens is 1. The van der Waals surface area contributed by atoms with Crippen LogP contribution in [-0.4, -0.2) is 24.5 Å². The predicted molar refractivity (Wildman–Crippen MR) is 84.2 cm³/mol. The Kier molecular flexibility index (Phi) is 5.72. The fraction of sp³-hybridized carbons (Fsp3) is 0.250. The van der Waals surface area contributed by atoms with Crippen molar-refractivity contribution in [2.75, 3.05) is 13.6 Å². The van der Waals surface area contributed by atoms with Gasteiger partial charge >= 0.3 is 0 Å². The maximum absolute atomic E-state index is 11.8. The first kappa shape index (κ1) is 15.5. The van der Waals surface area contributed by atoms with Crippen LogP contribution in [0.5, 0.6) is 0 Å². The van der Waals surface area contributed by atoms with E-state index in [1.165, 1.54) is 0 Å². The molecule has 4 nitrogen and oxygen atoms in total. The van der Waals surface area contributed by atoms with Crippen LogP contribution in [-0.2, 0) is 11.2 Å². The molecule has 0 aliphatic rings. The smallest absolute Gasteiger partial charge is 0.234 e. The van der Waals surface area contributed by atoms with Crippen molar-refractivity contribution >= 4 is 17.5 Å². The van der Waals surface area contributed by atoms with Crippen molar-refractivity contribution in [1.82, 2.24) is 15.6 Å². The van der Waals surface area contributed by atoms with Crippen LogP contribution >= 0.6 is 11.6 Å². The number of pyridine rings is 1. The molecule has 0 aliphatic carbocycles. The van der Waals surface area contributed by atoms with Crippen LogP contribution < -0.4 is 10.6 Å². The molecule has 1 aromatic carbocycles. The summed E-state index contributed by atoms with van der Waals surface area (Å²) in [5.74, 6) is -0.0536. The fourth-order valence-corrected chi connectivity index (χ4v) is 2.20. The lowest BCUT2D eigenvalue weighted by molar-refractivity contribution is -0.120. The van der Waals surface area contributed by atoms with Crippen molar-refractivity contribution in [2.24, 2.45) is 0 Å². The van der Waals surface area contributed by atoms with Crippen LogP contribution in [0, 0.1) is 0 Å². The Bertz CT molecular complexity index is 572. The average molecular weight is 304 g/mol. The van der Waals surface area contributed by atoms with E-state index >= 15 is 0 Å². The summed E-state index contributed by atoms with van der Waals surface area (Å²) < 4.78 is 0. The topological polar surface area (TPSA) is 54.0 Å². The normalized spacial score (nSPS) is 11.9. The van der Waals surface area contributed by atoms with E-state index in [1.54, 1.807) is 13.2 Å². The van der Waals surface area contributed by atoms with Gasteiger partial charge in [-0.2, -0.15) is 0 Å². The van der Waals surface area contributed by atoms with Crippen molar-refractivity contribution in [3.63, 3.8) is 0 Å². The second kappa shape index (κ2) is 7.76. The summed E-state index contributed by atoms with van der Waals surface area (Å²) in [5, 5.41) is 6.55. The largest absolute Gasteiger partial charge is 0.346 e. The highest BCUT2D eigenvalue weighted by atomic mass is 35.5. The Labute approximate surface area is 129 Å². The second-order valence-electron chi connectivity index (χ2n) is 4.74. The minimum Gasteiger partial charge on any atom is -0.346 e. The molecule has 0 aliphatic heterocycles. The number of rotatable bonds is 6. The molecule has 0 spiro atoms. The molecule has 5 heteroatoms. The molecule has 0 saturated carbocycles. The van der Waals surface area contributed by atoms with Gasteiger partial charge in [-0.3, -0.25) is 9.78 Å². The Morgan fingerprint density at radius 3 is 2.62 bits per heavy atom. The van der Waals surface area contributed by atoms with Crippen molar-refractivity contribution in [1.29, 1.82) is 0 Å². The summed E-state index contributed by atoms with van der Waals surface area (Å²) in [4.78, 5) is 16.2. The van der Waals surface area contributed by atoms with Crippen molar-refractivity contribution in [3.8, 4) is 0 Å². The van der Waals surface area contributed by atoms with E-state index in [0.717, 1.165) is 11.3 Å². The van der Waals surface area contributed by atoms with Crippen LogP contribution in [0.2, 0.25) is 5.02 Å². The molecule has 1 heterocycles. The Morgan fingerprint density at radius 2 is 2.00 bits per heavy atom. The molecule has 0 radical (unpaired) electrons. The van der Waals surface area contributed by atoms with Gasteiger partial charge in [0.2, 0.25) is 5.91 Å². The molecule has 1 amide bonds. The number of nitrogens with zero attached hydrogens (tertiary/aromatic N) is 1. The van der Waals surface area contributed by atoms with Crippen LogP contribution in [0.1, 0.15) is 17.3 Å². The standard InChI is InChI=1S/C16H18ClN3O/c1-18-11-16(21)20-15(14-4-2-3-9-19-14)10-12-5-7-13(17)8-6-12/h2-9,15,18H,10-11H2,1H3,(H,20,21). The summed E-state index contributed by atoms with van der Waals surface area (Å²) in [6.45, 7) is 0.282. The summed E-state index contributed by atoms with van der Waals surface area (Å²) in [6, 6.07) is 13.2. The van der Waals surface area contributed by atoms with Crippen LogP contribution in [0.25, 0.3) is 0 Å². The van der Waals surface area contributed by atoms with Gasteiger partial charge in [0.15, 0.2) is 0 Å².